The third-order valence-electron chi connectivity index (χ3n) is 3.78. The van der Waals surface area contributed by atoms with Gasteiger partial charge >= 0.3 is 5.69 Å². The molecule has 8 nitrogen and oxygen atoms in total. The summed E-state index contributed by atoms with van der Waals surface area (Å²) in [7, 11) is 1.44. The number of methoxy groups -OCH3 is 1. The maximum atomic E-state index is 11.5. The van der Waals surface area contributed by atoms with Crippen molar-refractivity contribution < 1.29 is 14.4 Å². The van der Waals surface area contributed by atoms with Crippen molar-refractivity contribution in [2.75, 3.05) is 12.5 Å². The molecular formula is C20H20N4O4S. The van der Waals surface area contributed by atoms with E-state index in [0.29, 0.717) is 10.7 Å². The Morgan fingerprint density at radius 2 is 2.03 bits per heavy atom. The van der Waals surface area contributed by atoms with Crippen molar-refractivity contribution in [3.8, 4) is 22.8 Å². The maximum absolute atomic E-state index is 11.5. The average molecular weight is 412 g/mol. The zero-order chi connectivity index (χ0) is 20.8. The van der Waals surface area contributed by atoms with Crippen molar-refractivity contribution in [3.63, 3.8) is 0 Å². The lowest BCUT2D eigenvalue weighted by molar-refractivity contribution is -0.386. The predicted octanol–water partition coefficient (Wildman–Crippen LogP) is 4.96. The second-order valence-electron chi connectivity index (χ2n) is 6.27. The lowest BCUT2D eigenvalue weighted by atomic mass is 10.2. The molecule has 9 heteroatoms. The van der Waals surface area contributed by atoms with E-state index < -0.39 is 4.92 Å². The van der Waals surface area contributed by atoms with Crippen LogP contribution in [0.1, 0.15) is 19.4 Å². The summed E-state index contributed by atoms with van der Waals surface area (Å²) in [5, 5.41) is 18.1. The van der Waals surface area contributed by atoms with Crippen LogP contribution in [0, 0.1) is 10.1 Å². The van der Waals surface area contributed by atoms with E-state index in [9.17, 15) is 10.1 Å². The summed E-state index contributed by atoms with van der Waals surface area (Å²) in [6, 6.07) is 12.8. The smallest absolute Gasteiger partial charge is 0.315 e. The molecule has 0 saturated carbocycles. The molecule has 29 heavy (non-hydrogen) atoms. The van der Waals surface area contributed by atoms with Crippen LogP contribution in [0.25, 0.3) is 11.3 Å². The second-order valence-corrected chi connectivity index (χ2v) is 7.13. The van der Waals surface area contributed by atoms with Gasteiger partial charge in [-0.3, -0.25) is 15.5 Å². The molecule has 1 N–H and O–H groups in total. The van der Waals surface area contributed by atoms with Crippen molar-refractivity contribution >= 4 is 28.4 Å². The first-order chi connectivity index (χ1) is 14.0. The Morgan fingerprint density at radius 3 is 2.69 bits per heavy atom. The normalized spacial score (nSPS) is 11.0. The molecule has 150 valence electrons. The van der Waals surface area contributed by atoms with Crippen LogP contribution in [0.15, 0.2) is 52.9 Å². The number of nitrogens with zero attached hydrogens (tertiary/aromatic N) is 3. The van der Waals surface area contributed by atoms with Crippen LogP contribution in [0.4, 0.5) is 10.8 Å². The number of benzene rings is 2. The summed E-state index contributed by atoms with van der Waals surface area (Å²) >= 11 is 1.42. The van der Waals surface area contributed by atoms with Crippen LogP contribution in [-0.2, 0) is 0 Å². The highest BCUT2D eigenvalue weighted by Crippen LogP contribution is 2.38. The lowest BCUT2D eigenvalue weighted by Gasteiger charge is -2.14. The van der Waals surface area contributed by atoms with Crippen LogP contribution in [0.5, 0.6) is 11.5 Å². The fraction of sp³-hybridized carbons (Fsp3) is 0.200. The van der Waals surface area contributed by atoms with Gasteiger partial charge in [0.1, 0.15) is 0 Å². The van der Waals surface area contributed by atoms with E-state index in [0.717, 1.165) is 11.3 Å². The Balaban J connectivity index is 1.79. The molecular weight excluding hydrogens is 392 g/mol. The second kappa shape index (κ2) is 9.16. The van der Waals surface area contributed by atoms with Crippen LogP contribution in [0.3, 0.4) is 0 Å². The highest BCUT2D eigenvalue weighted by Gasteiger charge is 2.23. The quantitative estimate of drug-likeness (QED) is 0.319. The van der Waals surface area contributed by atoms with E-state index in [1.807, 2.05) is 35.7 Å². The van der Waals surface area contributed by atoms with Gasteiger partial charge in [-0.05, 0) is 19.9 Å². The van der Waals surface area contributed by atoms with Gasteiger partial charge in [0.25, 0.3) is 0 Å². The van der Waals surface area contributed by atoms with E-state index in [1.165, 1.54) is 30.7 Å². The minimum Gasteiger partial charge on any atom is -0.493 e. The number of hydrogen-bond donors (Lipinski definition) is 1. The van der Waals surface area contributed by atoms with Gasteiger partial charge in [-0.25, -0.2) is 4.98 Å². The van der Waals surface area contributed by atoms with Gasteiger partial charge in [-0.2, -0.15) is 5.10 Å². The Morgan fingerprint density at radius 1 is 1.28 bits per heavy atom. The van der Waals surface area contributed by atoms with E-state index >= 15 is 0 Å². The topological polar surface area (TPSA) is 98.9 Å². The molecule has 3 rings (SSSR count). The molecule has 0 bridgehead atoms. The summed E-state index contributed by atoms with van der Waals surface area (Å²) in [4.78, 5) is 15.4. The Bertz CT molecular complexity index is 1020. The van der Waals surface area contributed by atoms with Gasteiger partial charge < -0.3 is 9.47 Å². The fourth-order valence-electron chi connectivity index (χ4n) is 2.55. The minimum absolute atomic E-state index is 0.102. The van der Waals surface area contributed by atoms with Crippen LogP contribution in [-0.4, -0.2) is 29.3 Å². The third kappa shape index (κ3) is 5.08. The first kappa shape index (κ1) is 20.3. The van der Waals surface area contributed by atoms with Crippen molar-refractivity contribution in [3.05, 3.63) is 63.5 Å². The largest absolute Gasteiger partial charge is 0.493 e. The number of nitro benzene ring substituents is 1. The van der Waals surface area contributed by atoms with Gasteiger partial charge in [0.2, 0.25) is 10.9 Å². The van der Waals surface area contributed by atoms with Gasteiger partial charge in [0, 0.05) is 22.6 Å². The van der Waals surface area contributed by atoms with E-state index in [4.69, 9.17) is 9.47 Å². The molecule has 3 aromatic rings. The molecule has 1 aromatic heterocycles. The molecule has 0 amide bonds. The Labute approximate surface area is 172 Å². The first-order valence-corrected chi connectivity index (χ1v) is 9.69. The SMILES string of the molecule is COc1cc(/C=N\Nc2nc(-c3ccccc3)cs2)cc([N+](=O)[O-])c1OC(C)C. The van der Waals surface area contributed by atoms with Gasteiger partial charge in [-0.1, -0.05) is 30.3 Å². The molecule has 0 spiro atoms. The molecule has 0 unspecified atom stereocenters. The number of thiazole rings is 1. The number of nitrogens with one attached hydrogen (secondary N) is 1. The molecule has 0 fully saturated rings. The fourth-order valence-corrected chi connectivity index (χ4v) is 3.22. The molecule has 0 aliphatic carbocycles. The van der Waals surface area contributed by atoms with Crippen molar-refractivity contribution in [2.45, 2.75) is 20.0 Å². The Kier molecular flexibility index (Phi) is 6.40. The van der Waals surface area contributed by atoms with Crippen LogP contribution in [0.2, 0.25) is 0 Å². The number of aromatic nitrogens is 1. The lowest BCUT2D eigenvalue weighted by Crippen LogP contribution is -2.09. The zero-order valence-corrected chi connectivity index (χ0v) is 17.0. The molecule has 0 aliphatic heterocycles. The van der Waals surface area contributed by atoms with Crippen LogP contribution >= 0.6 is 11.3 Å². The van der Waals surface area contributed by atoms with Crippen LogP contribution < -0.4 is 14.9 Å². The predicted molar refractivity (Wildman–Crippen MR) is 114 cm³/mol. The Hall–Kier alpha value is -3.46. The minimum atomic E-state index is -0.502. The molecule has 0 saturated heterocycles. The number of hydrazone groups is 1. The summed E-state index contributed by atoms with van der Waals surface area (Å²) < 4.78 is 10.8. The summed E-state index contributed by atoms with van der Waals surface area (Å²) in [6.45, 7) is 3.58. The number of hydrogen-bond acceptors (Lipinski definition) is 8. The number of ether oxygens (including phenoxy) is 2. The summed E-state index contributed by atoms with van der Waals surface area (Å²) in [5.41, 5.74) is 5.03. The summed E-state index contributed by atoms with van der Waals surface area (Å²) in [5.74, 6) is 0.375. The third-order valence-corrected chi connectivity index (χ3v) is 4.52. The van der Waals surface area contributed by atoms with E-state index in [1.54, 1.807) is 19.9 Å². The molecule has 0 atom stereocenters. The number of rotatable bonds is 8. The van der Waals surface area contributed by atoms with Gasteiger partial charge in [-0.15, -0.1) is 11.3 Å². The molecule has 0 aliphatic rings. The standard InChI is InChI=1S/C20H20N4O4S/c1-13(2)28-19-17(24(25)26)9-14(10-18(19)27-3)11-21-23-20-22-16(12-29-20)15-7-5-4-6-8-15/h4-13H,1-3H3,(H,22,23)/b21-11-. The molecule has 2 aromatic carbocycles. The molecule has 0 radical (unpaired) electrons. The first-order valence-electron chi connectivity index (χ1n) is 8.81. The van der Waals surface area contributed by atoms with Crippen molar-refractivity contribution in [1.82, 2.24) is 4.98 Å². The number of nitro groups is 1. The average Bonchev–Trinajstić information content (AvgIpc) is 3.17. The van der Waals surface area contributed by atoms with E-state index in [-0.39, 0.29) is 23.3 Å². The summed E-state index contributed by atoms with van der Waals surface area (Å²) in [6.07, 6.45) is 1.24. The van der Waals surface area contributed by atoms with Crippen molar-refractivity contribution in [1.29, 1.82) is 0 Å². The van der Waals surface area contributed by atoms with Gasteiger partial charge in [0.05, 0.1) is 30.0 Å². The van der Waals surface area contributed by atoms with Gasteiger partial charge in [0.15, 0.2) is 5.75 Å². The number of anilines is 1. The zero-order valence-electron chi connectivity index (χ0n) is 16.2. The molecule has 1 heterocycles. The maximum Gasteiger partial charge on any atom is 0.315 e. The van der Waals surface area contributed by atoms with Crippen molar-refractivity contribution in [2.24, 2.45) is 5.10 Å². The highest BCUT2D eigenvalue weighted by atomic mass is 32.1. The monoisotopic (exact) mass is 412 g/mol. The van der Waals surface area contributed by atoms with E-state index in [2.05, 4.69) is 15.5 Å². The highest BCUT2D eigenvalue weighted by molar-refractivity contribution is 7.14.